The van der Waals surface area contributed by atoms with Crippen molar-refractivity contribution < 1.29 is 9.32 Å². The van der Waals surface area contributed by atoms with E-state index in [-0.39, 0.29) is 10.5 Å². The molecule has 2 saturated heterocycles. The molecule has 0 amide bonds. The molecule has 3 rings (SSSR count). The molecule has 2 unspecified atom stereocenters. The molecule has 1 aromatic carbocycles. The summed E-state index contributed by atoms with van der Waals surface area (Å²) in [7, 11) is -0.723. The lowest BCUT2D eigenvalue weighted by Gasteiger charge is -2.43. The van der Waals surface area contributed by atoms with Gasteiger partial charge in [-0.2, -0.15) is 0 Å². The average Bonchev–Trinajstić information content (AvgIpc) is 2.41. The zero-order chi connectivity index (χ0) is 13.5. The molecule has 0 aliphatic carbocycles. The molecule has 2 fully saturated rings. The van der Waals surface area contributed by atoms with Crippen LogP contribution in [0.3, 0.4) is 0 Å². The molecular weight excluding hydrogens is 256 g/mol. The van der Waals surface area contributed by atoms with Gasteiger partial charge in [-0.25, -0.2) is 0 Å². The Morgan fingerprint density at radius 2 is 2.00 bits per heavy atom. The highest BCUT2D eigenvalue weighted by Gasteiger charge is 2.46. The number of rotatable bonds is 2. The molecule has 0 radical (unpaired) electrons. The van der Waals surface area contributed by atoms with Gasteiger partial charge in [0.15, 0.2) is 0 Å². The summed E-state index contributed by atoms with van der Waals surface area (Å²) in [5.41, 5.74) is 1.54. The maximum atomic E-state index is 12.2. The summed E-state index contributed by atoms with van der Waals surface area (Å²) in [6.07, 6.45) is 5.53. The summed E-state index contributed by atoms with van der Waals surface area (Å²) < 4.78 is 12.2. The summed E-state index contributed by atoms with van der Waals surface area (Å²) in [5, 5.41) is 11.4. The van der Waals surface area contributed by atoms with E-state index in [4.69, 9.17) is 0 Å². The first-order valence-electron chi connectivity index (χ1n) is 7.33. The van der Waals surface area contributed by atoms with Crippen molar-refractivity contribution in [1.82, 2.24) is 0 Å². The summed E-state index contributed by atoms with van der Waals surface area (Å²) in [6, 6.07) is 8.30. The lowest BCUT2D eigenvalue weighted by Crippen LogP contribution is -2.47. The quantitative estimate of drug-likeness (QED) is 0.903. The minimum Gasteiger partial charge on any atom is -0.385 e. The van der Waals surface area contributed by atoms with Gasteiger partial charge in [0.2, 0.25) is 0 Å². The molecule has 3 heteroatoms. The Morgan fingerprint density at radius 3 is 2.63 bits per heavy atom. The van der Waals surface area contributed by atoms with Crippen molar-refractivity contribution >= 4 is 10.8 Å². The summed E-state index contributed by atoms with van der Waals surface area (Å²) in [4.78, 5) is 0. The third kappa shape index (κ3) is 2.38. The van der Waals surface area contributed by atoms with Gasteiger partial charge in [0.05, 0.1) is 5.60 Å². The highest BCUT2D eigenvalue weighted by molar-refractivity contribution is 7.86. The summed E-state index contributed by atoms with van der Waals surface area (Å²) in [5.74, 6) is 0. The highest BCUT2D eigenvalue weighted by Crippen LogP contribution is 2.44. The van der Waals surface area contributed by atoms with Crippen LogP contribution in [0.1, 0.15) is 50.2 Å². The van der Waals surface area contributed by atoms with Crippen molar-refractivity contribution in [2.24, 2.45) is 0 Å². The van der Waals surface area contributed by atoms with E-state index >= 15 is 0 Å². The smallest absolute Gasteiger partial charge is 0.0919 e. The molecule has 2 aliphatic heterocycles. The standard InChI is InChI=1S/C16H22O2S/c1-2-12-5-3-6-13(9-12)16(17)10-14-7-4-8-15(11-16)19(14)18/h3,5-6,9,14-15,17H,2,4,7-8,10-11H2,1H3. The van der Waals surface area contributed by atoms with Crippen molar-refractivity contribution in [2.75, 3.05) is 0 Å². The number of fused-ring (bicyclic) bond motifs is 2. The third-order valence-electron chi connectivity index (χ3n) is 4.71. The SMILES string of the molecule is CCc1cccc(C2(O)CC3CCCC(C2)S3=O)c1. The molecular formula is C16H22O2S. The lowest BCUT2D eigenvalue weighted by molar-refractivity contribution is 0.00648. The Balaban J connectivity index is 1.92. The molecule has 0 saturated carbocycles. The fourth-order valence-corrected chi connectivity index (χ4v) is 5.82. The van der Waals surface area contributed by atoms with Crippen molar-refractivity contribution in [3.05, 3.63) is 35.4 Å². The van der Waals surface area contributed by atoms with Crippen LogP contribution in [0.25, 0.3) is 0 Å². The third-order valence-corrected chi connectivity index (χ3v) is 6.83. The van der Waals surface area contributed by atoms with Crippen LogP contribution in [0, 0.1) is 0 Å². The van der Waals surface area contributed by atoms with E-state index in [1.54, 1.807) is 0 Å². The van der Waals surface area contributed by atoms with Crippen LogP contribution < -0.4 is 0 Å². The molecule has 2 atom stereocenters. The Hall–Kier alpha value is -0.670. The first-order chi connectivity index (χ1) is 9.12. The van der Waals surface area contributed by atoms with Crippen molar-refractivity contribution in [3.63, 3.8) is 0 Å². The molecule has 2 heterocycles. The molecule has 2 aliphatic rings. The van der Waals surface area contributed by atoms with Gasteiger partial charge in [-0.3, -0.25) is 4.21 Å². The van der Waals surface area contributed by atoms with E-state index in [1.807, 2.05) is 12.1 Å². The zero-order valence-corrected chi connectivity index (χ0v) is 12.3. The van der Waals surface area contributed by atoms with Gasteiger partial charge in [-0.05, 0) is 43.2 Å². The van der Waals surface area contributed by atoms with E-state index in [0.717, 1.165) is 24.8 Å². The van der Waals surface area contributed by atoms with E-state index in [0.29, 0.717) is 12.8 Å². The largest absolute Gasteiger partial charge is 0.385 e. The monoisotopic (exact) mass is 278 g/mol. The van der Waals surface area contributed by atoms with E-state index in [2.05, 4.69) is 19.1 Å². The normalized spacial score (nSPS) is 38.1. The predicted molar refractivity (Wildman–Crippen MR) is 78.5 cm³/mol. The van der Waals surface area contributed by atoms with Crippen LogP contribution in [0.15, 0.2) is 24.3 Å². The Labute approximate surface area is 117 Å². The minimum atomic E-state index is -0.755. The molecule has 0 spiro atoms. The van der Waals surface area contributed by atoms with Gasteiger partial charge in [0.1, 0.15) is 0 Å². The van der Waals surface area contributed by atoms with Crippen LogP contribution in [-0.4, -0.2) is 19.8 Å². The summed E-state index contributed by atoms with van der Waals surface area (Å²) in [6.45, 7) is 2.13. The van der Waals surface area contributed by atoms with Gasteiger partial charge in [-0.1, -0.05) is 37.6 Å². The van der Waals surface area contributed by atoms with Crippen LogP contribution >= 0.6 is 0 Å². The maximum Gasteiger partial charge on any atom is 0.0919 e. The molecule has 2 bridgehead atoms. The van der Waals surface area contributed by atoms with Crippen molar-refractivity contribution in [2.45, 2.75) is 61.5 Å². The predicted octanol–water partition coefficient (Wildman–Crippen LogP) is 2.90. The second kappa shape index (κ2) is 5.02. The van der Waals surface area contributed by atoms with Gasteiger partial charge in [0.25, 0.3) is 0 Å². The number of hydrogen-bond acceptors (Lipinski definition) is 2. The number of benzene rings is 1. The lowest BCUT2D eigenvalue weighted by atomic mass is 9.80. The number of aliphatic hydroxyl groups is 1. The second-order valence-corrected chi connectivity index (χ2v) is 7.99. The van der Waals surface area contributed by atoms with Crippen molar-refractivity contribution in [1.29, 1.82) is 0 Å². The Kier molecular flexibility index (Phi) is 3.52. The number of hydrogen-bond donors (Lipinski definition) is 1. The van der Waals surface area contributed by atoms with Gasteiger partial charge < -0.3 is 5.11 Å². The van der Waals surface area contributed by atoms with Crippen LogP contribution in [0.4, 0.5) is 0 Å². The Morgan fingerprint density at radius 1 is 1.32 bits per heavy atom. The molecule has 19 heavy (non-hydrogen) atoms. The Bertz CT molecular complexity index is 481. The van der Waals surface area contributed by atoms with E-state index in [1.165, 1.54) is 12.0 Å². The number of aryl methyl sites for hydroxylation is 1. The van der Waals surface area contributed by atoms with Gasteiger partial charge in [-0.15, -0.1) is 0 Å². The van der Waals surface area contributed by atoms with E-state index in [9.17, 15) is 9.32 Å². The highest BCUT2D eigenvalue weighted by atomic mass is 32.2. The fraction of sp³-hybridized carbons (Fsp3) is 0.625. The van der Waals surface area contributed by atoms with E-state index < -0.39 is 16.4 Å². The second-order valence-electron chi connectivity index (χ2n) is 6.00. The maximum absolute atomic E-state index is 12.2. The van der Waals surface area contributed by atoms with Gasteiger partial charge >= 0.3 is 0 Å². The molecule has 1 aromatic rings. The van der Waals surface area contributed by atoms with Crippen molar-refractivity contribution in [3.8, 4) is 0 Å². The first kappa shape index (κ1) is 13.3. The average molecular weight is 278 g/mol. The minimum absolute atomic E-state index is 0.197. The summed E-state index contributed by atoms with van der Waals surface area (Å²) >= 11 is 0. The first-order valence-corrected chi connectivity index (χ1v) is 8.61. The zero-order valence-electron chi connectivity index (χ0n) is 11.5. The topological polar surface area (TPSA) is 37.3 Å². The van der Waals surface area contributed by atoms with Crippen LogP contribution in [0.2, 0.25) is 0 Å². The van der Waals surface area contributed by atoms with Crippen LogP contribution in [0.5, 0.6) is 0 Å². The van der Waals surface area contributed by atoms with Crippen LogP contribution in [-0.2, 0) is 22.8 Å². The molecule has 2 nitrogen and oxygen atoms in total. The van der Waals surface area contributed by atoms with Gasteiger partial charge in [0, 0.05) is 21.3 Å². The molecule has 0 aromatic heterocycles. The molecule has 104 valence electrons. The fourth-order valence-electron chi connectivity index (χ4n) is 3.60. The molecule has 1 N–H and O–H groups in total.